The van der Waals surface area contributed by atoms with Gasteiger partial charge in [0, 0.05) is 12.1 Å². The Balaban J connectivity index is 2.10. The van der Waals surface area contributed by atoms with E-state index in [-0.39, 0.29) is 5.75 Å². The molecule has 2 atom stereocenters. The molecule has 0 bridgehead atoms. The topological polar surface area (TPSA) is 53.7 Å². The summed E-state index contributed by atoms with van der Waals surface area (Å²) in [6.07, 6.45) is 5.30. The van der Waals surface area contributed by atoms with Crippen LogP contribution in [0, 0.1) is 0 Å². The highest BCUT2D eigenvalue weighted by Gasteiger charge is 2.28. The zero-order chi connectivity index (χ0) is 12.7. The van der Waals surface area contributed by atoms with Crippen molar-refractivity contribution in [2.45, 2.75) is 45.2 Å². The van der Waals surface area contributed by atoms with Gasteiger partial charge in [0.1, 0.15) is 5.75 Å². The molecule has 0 aliphatic carbocycles. The van der Waals surface area contributed by atoms with Gasteiger partial charge in [0.15, 0.2) is 5.65 Å². The SMILES string of the molecule is C[C@@H]1CCC[C@H](C)N1c1nnc2ccc(O)cn12. The summed E-state index contributed by atoms with van der Waals surface area (Å²) in [5.74, 6) is 1.07. The lowest BCUT2D eigenvalue weighted by Crippen LogP contribution is -2.44. The molecular weight excluding hydrogens is 228 g/mol. The number of hydrogen-bond donors (Lipinski definition) is 1. The predicted molar refractivity (Wildman–Crippen MR) is 69.9 cm³/mol. The van der Waals surface area contributed by atoms with Crippen LogP contribution in [0.1, 0.15) is 33.1 Å². The molecule has 1 aliphatic heterocycles. The van der Waals surface area contributed by atoms with E-state index in [1.807, 2.05) is 4.40 Å². The standard InChI is InChI=1S/C13H18N4O/c1-9-4-3-5-10(2)17(9)13-15-14-12-7-6-11(18)8-16(12)13/h6-10,18H,3-5H2,1-2H3/t9-,10+. The summed E-state index contributed by atoms with van der Waals surface area (Å²) in [5.41, 5.74) is 0.771. The van der Waals surface area contributed by atoms with Crippen molar-refractivity contribution in [2.24, 2.45) is 0 Å². The van der Waals surface area contributed by atoms with Crippen molar-refractivity contribution in [3.63, 3.8) is 0 Å². The third-order valence-electron chi connectivity index (χ3n) is 3.79. The Kier molecular flexibility index (Phi) is 2.61. The minimum Gasteiger partial charge on any atom is -0.506 e. The zero-order valence-corrected chi connectivity index (χ0v) is 10.7. The van der Waals surface area contributed by atoms with Gasteiger partial charge in [-0.25, -0.2) is 0 Å². The first-order valence-corrected chi connectivity index (χ1v) is 6.49. The van der Waals surface area contributed by atoms with Crippen LogP contribution in [0.5, 0.6) is 5.75 Å². The molecule has 0 amide bonds. The molecule has 0 radical (unpaired) electrons. The number of aromatic nitrogens is 3. The Morgan fingerprint density at radius 1 is 1.17 bits per heavy atom. The molecule has 1 saturated heterocycles. The first kappa shape index (κ1) is 11.3. The van der Waals surface area contributed by atoms with E-state index in [0.717, 1.165) is 11.6 Å². The van der Waals surface area contributed by atoms with Crippen LogP contribution in [-0.4, -0.2) is 31.8 Å². The number of anilines is 1. The number of piperidine rings is 1. The lowest BCUT2D eigenvalue weighted by atomic mass is 9.98. The van der Waals surface area contributed by atoms with Gasteiger partial charge in [0.2, 0.25) is 5.95 Å². The molecule has 96 valence electrons. The van der Waals surface area contributed by atoms with Crippen LogP contribution >= 0.6 is 0 Å². The number of aromatic hydroxyl groups is 1. The second kappa shape index (κ2) is 4.15. The maximum atomic E-state index is 9.61. The van der Waals surface area contributed by atoms with Gasteiger partial charge in [0.05, 0.1) is 6.20 Å². The smallest absolute Gasteiger partial charge is 0.232 e. The van der Waals surface area contributed by atoms with Gasteiger partial charge in [-0.3, -0.25) is 4.40 Å². The zero-order valence-electron chi connectivity index (χ0n) is 10.7. The minimum absolute atomic E-state index is 0.237. The second-order valence-corrected chi connectivity index (χ2v) is 5.15. The Bertz CT molecular complexity index is 555. The molecule has 1 aliphatic rings. The van der Waals surface area contributed by atoms with Crippen molar-refractivity contribution in [3.8, 4) is 5.75 Å². The fourth-order valence-corrected chi connectivity index (χ4v) is 2.86. The van der Waals surface area contributed by atoms with E-state index in [4.69, 9.17) is 0 Å². The van der Waals surface area contributed by atoms with Crippen molar-refractivity contribution < 1.29 is 5.11 Å². The minimum atomic E-state index is 0.237. The highest BCUT2D eigenvalue weighted by molar-refractivity contribution is 5.49. The predicted octanol–water partition coefficient (Wildman–Crippen LogP) is 2.20. The van der Waals surface area contributed by atoms with Crippen LogP contribution in [0.25, 0.3) is 5.65 Å². The molecule has 2 aromatic heterocycles. The first-order chi connectivity index (χ1) is 8.66. The van der Waals surface area contributed by atoms with Crippen molar-refractivity contribution in [1.29, 1.82) is 0 Å². The van der Waals surface area contributed by atoms with E-state index in [1.165, 1.54) is 19.3 Å². The average Bonchev–Trinajstić information content (AvgIpc) is 2.72. The second-order valence-electron chi connectivity index (χ2n) is 5.15. The quantitative estimate of drug-likeness (QED) is 0.838. The fourth-order valence-electron chi connectivity index (χ4n) is 2.86. The Hall–Kier alpha value is -1.78. The van der Waals surface area contributed by atoms with E-state index in [1.54, 1.807) is 18.3 Å². The van der Waals surface area contributed by atoms with E-state index in [0.29, 0.717) is 12.1 Å². The van der Waals surface area contributed by atoms with Gasteiger partial charge >= 0.3 is 0 Å². The number of rotatable bonds is 1. The molecule has 0 unspecified atom stereocenters. The van der Waals surface area contributed by atoms with E-state index < -0.39 is 0 Å². The highest BCUT2D eigenvalue weighted by Crippen LogP contribution is 2.28. The van der Waals surface area contributed by atoms with Gasteiger partial charge in [-0.05, 0) is 45.2 Å². The summed E-state index contributed by atoms with van der Waals surface area (Å²) in [4.78, 5) is 2.31. The van der Waals surface area contributed by atoms with Crippen LogP contribution in [0.15, 0.2) is 18.3 Å². The van der Waals surface area contributed by atoms with Gasteiger partial charge in [0.25, 0.3) is 0 Å². The number of pyridine rings is 1. The molecule has 5 nitrogen and oxygen atoms in total. The Labute approximate surface area is 106 Å². The summed E-state index contributed by atoms with van der Waals surface area (Å²) in [5, 5.41) is 18.1. The number of nitrogens with zero attached hydrogens (tertiary/aromatic N) is 4. The van der Waals surface area contributed by atoms with Crippen molar-refractivity contribution in [3.05, 3.63) is 18.3 Å². The van der Waals surface area contributed by atoms with Crippen LogP contribution in [0.4, 0.5) is 5.95 Å². The van der Waals surface area contributed by atoms with Crippen LogP contribution in [-0.2, 0) is 0 Å². The molecule has 18 heavy (non-hydrogen) atoms. The Morgan fingerprint density at radius 2 is 1.89 bits per heavy atom. The lowest BCUT2D eigenvalue weighted by molar-refractivity contribution is 0.406. The van der Waals surface area contributed by atoms with Crippen LogP contribution < -0.4 is 4.90 Å². The van der Waals surface area contributed by atoms with Gasteiger partial charge in [-0.1, -0.05) is 0 Å². The van der Waals surface area contributed by atoms with E-state index in [9.17, 15) is 5.11 Å². The summed E-state index contributed by atoms with van der Waals surface area (Å²) in [7, 11) is 0. The van der Waals surface area contributed by atoms with E-state index >= 15 is 0 Å². The molecule has 1 N–H and O–H groups in total. The summed E-state index contributed by atoms with van der Waals surface area (Å²) >= 11 is 0. The van der Waals surface area contributed by atoms with Crippen molar-refractivity contribution in [2.75, 3.05) is 4.90 Å². The summed E-state index contributed by atoms with van der Waals surface area (Å²) in [6, 6.07) is 4.34. The average molecular weight is 246 g/mol. The normalized spacial score (nSPS) is 24.7. The molecule has 0 spiro atoms. The molecule has 5 heteroatoms. The van der Waals surface area contributed by atoms with Crippen LogP contribution in [0.2, 0.25) is 0 Å². The summed E-state index contributed by atoms with van der Waals surface area (Å²) < 4.78 is 1.87. The van der Waals surface area contributed by atoms with E-state index in [2.05, 4.69) is 28.9 Å². The molecule has 2 aromatic rings. The lowest BCUT2D eigenvalue weighted by Gasteiger charge is -2.38. The molecule has 0 saturated carbocycles. The molecule has 0 aromatic carbocycles. The van der Waals surface area contributed by atoms with Crippen LogP contribution in [0.3, 0.4) is 0 Å². The maximum absolute atomic E-state index is 9.61. The number of fused-ring (bicyclic) bond motifs is 1. The molecule has 3 rings (SSSR count). The maximum Gasteiger partial charge on any atom is 0.232 e. The molecular formula is C13H18N4O. The van der Waals surface area contributed by atoms with Gasteiger partial charge in [-0.15, -0.1) is 10.2 Å². The summed E-state index contributed by atoms with van der Waals surface area (Å²) in [6.45, 7) is 4.44. The molecule has 3 heterocycles. The van der Waals surface area contributed by atoms with Crippen molar-refractivity contribution in [1.82, 2.24) is 14.6 Å². The van der Waals surface area contributed by atoms with Gasteiger partial charge < -0.3 is 10.0 Å². The third-order valence-corrected chi connectivity index (χ3v) is 3.79. The van der Waals surface area contributed by atoms with Crippen molar-refractivity contribution >= 4 is 11.6 Å². The third kappa shape index (κ3) is 1.70. The monoisotopic (exact) mass is 246 g/mol. The largest absolute Gasteiger partial charge is 0.506 e. The number of hydrogen-bond acceptors (Lipinski definition) is 4. The highest BCUT2D eigenvalue weighted by atomic mass is 16.3. The first-order valence-electron chi connectivity index (χ1n) is 6.49. The molecule has 1 fully saturated rings. The fraction of sp³-hybridized carbons (Fsp3) is 0.538. The van der Waals surface area contributed by atoms with Gasteiger partial charge in [-0.2, -0.15) is 0 Å². The Morgan fingerprint density at radius 3 is 2.61 bits per heavy atom.